The first-order chi connectivity index (χ1) is 9.80. The van der Waals surface area contributed by atoms with Gasteiger partial charge in [-0.3, -0.25) is 0 Å². The summed E-state index contributed by atoms with van der Waals surface area (Å²) in [6.45, 7) is 7.41. The van der Waals surface area contributed by atoms with Crippen molar-refractivity contribution in [1.29, 1.82) is 0 Å². The van der Waals surface area contributed by atoms with E-state index in [2.05, 4.69) is 68.9 Å². The van der Waals surface area contributed by atoms with Gasteiger partial charge in [-0.25, -0.2) is 0 Å². The van der Waals surface area contributed by atoms with Crippen LogP contribution in [0, 0.1) is 5.92 Å². The zero-order valence-electron chi connectivity index (χ0n) is 12.2. The van der Waals surface area contributed by atoms with Gasteiger partial charge in [0, 0.05) is 23.0 Å². The predicted molar refractivity (Wildman–Crippen MR) is 95.5 cm³/mol. The van der Waals surface area contributed by atoms with E-state index in [-0.39, 0.29) is 11.8 Å². The van der Waals surface area contributed by atoms with Crippen molar-refractivity contribution < 1.29 is 4.74 Å². The van der Waals surface area contributed by atoms with Gasteiger partial charge in [-0.15, -0.1) is 0 Å². The van der Waals surface area contributed by atoms with Gasteiger partial charge >= 0.3 is 0 Å². The molecule has 0 radical (unpaired) electrons. The maximum Gasteiger partial charge on any atom is 0.184 e. The molecule has 2 bridgehead atoms. The summed E-state index contributed by atoms with van der Waals surface area (Å²) in [7, 11) is 0. The number of fused-ring (bicyclic) bond motifs is 4. The molecule has 2 aliphatic rings. The van der Waals surface area contributed by atoms with E-state index in [1.54, 1.807) is 0 Å². The molecule has 114 valence electrons. The second-order valence-electron chi connectivity index (χ2n) is 6.29. The number of ether oxygens (including phenoxy) is 1. The highest BCUT2D eigenvalue weighted by molar-refractivity contribution is 9.11. The third-order valence-electron chi connectivity index (χ3n) is 3.98. The van der Waals surface area contributed by atoms with E-state index < -0.39 is 0 Å². The second-order valence-corrected chi connectivity index (χ2v) is 8.45. The maximum absolute atomic E-state index is 6.39. The Morgan fingerprint density at radius 2 is 2.19 bits per heavy atom. The van der Waals surface area contributed by atoms with Crippen LogP contribution in [0.2, 0.25) is 0 Å². The molecule has 1 aromatic rings. The number of rotatable bonds is 2. The Morgan fingerprint density at radius 3 is 2.86 bits per heavy atom. The summed E-state index contributed by atoms with van der Waals surface area (Å²) in [4.78, 5) is 2.18. The Hall–Kier alpha value is -0.330. The lowest BCUT2D eigenvalue weighted by atomic mass is 9.90. The molecule has 2 heterocycles. The number of hydrogen-bond acceptors (Lipinski definition) is 2. The third kappa shape index (κ3) is 2.70. The molecule has 0 saturated carbocycles. The van der Waals surface area contributed by atoms with E-state index >= 15 is 0 Å². The zero-order valence-corrected chi connectivity index (χ0v) is 16.2. The summed E-state index contributed by atoms with van der Waals surface area (Å²) in [6.07, 6.45) is 0.885. The minimum Gasteiger partial charge on any atom is -0.467 e. The van der Waals surface area contributed by atoms with Crippen LogP contribution in [0.4, 0.5) is 0 Å². The van der Waals surface area contributed by atoms with Crippen molar-refractivity contribution in [3.8, 4) is 5.75 Å². The van der Waals surface area contributed by atoms with Crippen molar-refractivity contribution in [1.82, 2.24) is 10.2 Å². The Morgan fingerprint density at radius 1 is 1.48 bits per heavy atom. The van der Waals surface area contributed by atoms with E-state index in [4.69, 9.17) is 17.0 Å². The largest absolute Gasteiger partial charge is 0.467 e. The van der Waals surface area contributed by atoms with Gasteiger partial charge < -0.3 is 15.0 Å². The predicted octanol–water partition coefficient (Wildman–Crippen LogP) is 4.60. The molecule has 2 aliphatic heterocycles. The molecule has 0 spiro atoms. The topological polar surface area (TPSA) is 24.5 Å². The molecule has 1 saturated heterocycles. The van der Waals surface area contributed by atoms with Crippen molar-refractivity contribution in [2.24, 2.45) is 5.92 Å². The van der Waals surface area contributed by atoms with Gasteiger partial charge in [0.1, 0.15) is 5.75 Å². The summed E-state index contributed by atoms with van der Waals surface area (Å²) < 4.78 is 8.40. The SMILES string of the molecule is CC(C)CN1C(=S)NC2CC1(C)Oc1c(Br)cc(Br)cc12. The lowest BCUT2D eigenvalue weighted by Gasteiger charge is -2.53. The highest BCUT2D eigenvalue weighted by Gasteiger charge is 2.48. The van der Waals surface area contributed by atoms with E-state index in [9.17, 15) is 0 Å². The molecule has 3 rings (SSSR count). The zero-order chi connectivity index (χ0) is 15.4. The lowest BCUT2D eigenvalue weighted by Crippen LogP contribution is -2.65. The molecule has 0 aromatic heterocycles. The van der Waals surface area contributed by atoms with Crippen molar-refractivity contribution in [2.75, 3.05) is 6.54 Å². The van der Waals surface area contributed by atoms with E-state index in [1.165, 1.54) is 0 Å². The summed E-state index contributed by atoms with van der Waals surface area (Å²) >= 11 is 12.7. The molecule has 1 fully saturated rings. The summed E-state index contributed by atoms with van der Waals surface area (Å²) in [5, 5.41) is 4.26. The first kappa shape index (κ1) is 15.6. The summed E-state index contributed by atoms with van der Waals surface area (Å²) in [6, 6.07) is 4.33. The minimum atomic E-state index is -0.388. The van der Waals surface area contributed by atoms with Crippen molar-refractivity contribution in [3.63, 3.8) is 0 Å². The fourth-order valence-electron chi connectivity index (χ4n) is 3.07. The van der Waals surface area contributed by atoms with E-state index in [0.717, 1.165) is 38.3 Å². The van der Waals surface area contributed by atoms with Crippen LogP contribution in [0.25, 0.3) is 0 Å². The fourth-order valence-corrected chi connectivity index (χ4v) is 4.82. The van der Waals surface area contributed by atoms with Gasteiger partial charge in [0.25, 0.3) is 0 Å². The van der Waals surface area contributed by atoms with Crippen LogP contribution in [0.3, 0.4) is 0 Å². The van der Waals surface area contributed by atoms with Gasteiger partial charge in [0.05, 0.1) is 10.5 Å². The molecule has 1 N–H and O–H groups in total. The standard InChI is InChI=1S/C15H18Br2N2OS/c1-8(2)7-19-14(21)18-12-6-15(19,3)20-13-10(12)4-9(16)5-11(13)17/h4-5,8,12H,6-7H2,1-3H3,(H,18,21). The average Bonchev–Trinajstić information content (AvgIpc) is 2.36. The Labute approximate surface area is 147 Å². The molecule has 6 heteroatoms. The van der Waals surface area contributed by atoms with Crippen LogP contribution in [-0.2, 0) is 0 Å². The number of halogens is 2. The Bertz CT molecular complexity index is 608. The van der Waals surface area contributed by atoms with Crippen LogP contribution in [0.1, 0.15) is 38.8 Å². The monoisotopic (exact) mass is 432 g/mol. The van der Waals surface area contributed by atoms with Crippen molar-refractivity contribution in [3.05, 3.63) is 26.6 Å². The highest BCUT2D eigenvalue weighted by Crippen LogP contribution is 2.48. The number of nitrogens with zero attached hydrogens (tertiary/aromatic N) is 1. The first-order valence-electron chi connectivity index (χ1n) is 7.06. The second kappa shape index (κ2) is 5.39. The number of nitrogens with one attached hydrogen (secondary N) is 1. The van der Waals surface area contributed by atoms with Gasteiger partial charge in [0.2, 0.25) is 0 Å². The molecule has 3 nitrogen and oxygen atoms in total. The Kier molecular flexibility index (Phi) is 3.99. The quantitative estimate of drug-likeness (QED) is 0.689. The van der Waals surface area contributed by atoms with E-state index in [0.29, 0.717) is 5.92 Å². The van der Waals surface area contributed by atoms with Crippen LogP contribution < -0.4 is 10.1 Å². The molecular formula is C15H18Br2N2OS. The number of thiocarbonyl (C=S) groups is 1. The van der Waals surface area contributed by atoms with Crippen LogP contribution in [0.15, 0.2) is 21.1 Å². The van der Waals surface area contributed by atoms with E-state index in [1.807, 2.05) is 6.07 Å². The van der Waals surface area contributed by atoms with Gasteiger partial charge in [0.15, 0.2) is 10.8 Å². The number of hydrogen-bond donors (Lipinski definition) is 1. The van der Waals surface area contributed by atoms with Crippen molar-refractivity contribution in [2.45, 2.75) is 39.0 Å². The molecule has 2 unspecified atom stereocenters. The molecular weight excluding hydrogens is 416 g/mol. The van der Waals surface area contributed by atoms with Crippen LogP contribution in [0.5, 0.6) is 5.75 Å². The van der Waals surface area contributed by atoms with Gasteiger partial charge in [-0.1, -0.05) is 29.8 Å². The minimum absolute atomic E-state index is 0.198. The normalized spacial score (nSPS) is 27.2. The number of benzene rings is 1. The Balaban J connectivity index is 2.05. The molecule has 1 aromatic carbocycles. The van der Waals surface area contributed by atoms with Crippen LogP contribution >= 0.6 is 44.1 Å². The highest BCUT2D eigenvalue weighted by atomic mass is 79.9. The molecule has 0 aliphatic carbocycles. The summed E-state index contributed by atoms with van der Waals surface area (Å²) in [5.41, 5.74) is 0.765. The molecule has 2 atom stereocenters. The third-order valence-corrected chi connectivity index (χ3v) is 5.36. The maximum atomic E-state index is 6.39. The molecule has 21 heavy (non-hydrogen) atoms. The lowest BCUT2D eigenvalue weighted by molar-refractivity contribution is -0.0727. The smallest absolute Gasteiger partial charge is 0.184 e. The summed E-state index contributed by atoms with van der Waals surface area (Å²) in [5.74, 6) is 1.44. The fraction of sp³-hybridized carbons (Fsp3) is 0.533. The molecule has 0 amide bonds. The van der Waals surface area contributed by atoms with Gasteiger partial charge in [-0.05, 0) is 53.1 Å². The average molecular weight is 434 g/mol. The first-order valence-corrected chi connectivity index (χ1v) is 9.05. The van der Waals surface area contributed by atoms with Crippen molar-refractivity contribution >= 4 is 49.2 Å². The van der Waals surface area contributed by atoms with Crippen LogP contribution in [-0.4, -0.2) is 22.3 Å². The van der Waals surface area contributed by atoms with Gasteiger partial charge in [-0.2, -0.15) is 0 Å².